The van der Waals surface area contributed by atoms with Gasteiger partial charge in [-0.15, -0.1) is 0 Å². The van der Waals surface area contributed by atoms with Crippen LogP contribution >= 0.6 is 0 Å². The normalized spacial score (nSPS) is 24.1. The molecule has 0 radical (unpaired) electrons. The van der Waals surface area contributed by atoms with Crippen molar-refractivity contribution in [3.8, 4) is 5.75 Å². The summed E-state index contributed by atoms with van der Waals surface area (Å²) in [7, 11) is 0. The van der Waals surface area contributed by atoms with E-state index in [2.05, 4.69) is 4.98 Å². The summed E-state index contributed by atoms with van der Waals surface area (Å²) in [4.78, 5) is 4.33. The molecule has 1 heterocycles. The second-order valence-electron chi connectivity index (χ2n) is 4.64. The van der Waals surface area contributed by atoms with Crippen LogP contribution in [0.5, 0.6) is 5.75 Å². The standard InChI is InChI=1S/C14H16N2O/c15-10-6-7-11(9-10)17-14-5-1-4-13-12(14)3-2-8-16-13/h1-5,8,10-11H,6-7,9,15H2. The minimum Gasteiger partial charge on any atom is -0.490 e. The van der Waals surface area contributed by atoms with Crippen molar-refractivity contribution in [1.29, 1.82) is 0 Å². The van der Waals surface area contributed by atoms with Gasteiger partial charge in [0.2, 0.25) is 0 Å². The van der Waals surface area contributed by atoms with Gasteiger partial charge in [0.05, 0.1) is 5.52 Å². The Kier molecular flexibility index (Phi) is 2.69. The van der Waals surface area contributed by atoms with Crippen LogP contribution in [-0.4, -0.2) is 17.1 Å². The summed E-state index contributed by atoms with van der Waals surface area (Å²) in [6, 6.07) is 10.3. The number of nitrogens with zero attached hydrogens (tertiary/aromatic N) is 1. The van der Waals surface area contributed by atoms with Gasteiger partial charge in [-0.3, -0.25) is 4.98 Å². The van der Waals surface area contributed by atoms with Crippen molar-refractivity contribution in [3.05, 3.63) is 36.5 Å². The quantitative estimate of drug-likeness (QED) is 0.859. The molecule has 0 bridgehead atoms. The van der Waals surface area contributed by atoms with Crippen LogP contribution in [0.15, 0.2) is 36.5 Å². The molecular weight excluding hydrogens is 212 g/mol. The number of hydrogen-bond acceptors (Lipinski definition) is 3. The zero-order valence-electron chi connectivity index (χ0n) is 9.67. The van der Waals surface area contributed by atoms with Gasteiger partial charge in [0.15, 0.2) is 0 Å². The first kappa shape index (κ1) is 10.5. The smallest absolute Gasteiger partial charge is 0.129 e. The molecule has 2 N–H and O–H groups in total. The Bertz CT molecular complexity index is 521. The second kappa shape index (κ2) is 4.34. The Morgan fingerprint density at radius 3 is 2.94 bits per heavy atom. The monoisotopic (exact) mass is 228 g/mol. The van der Waals surface area contributed by atoms with Crippen molar-refractivity contribution in [2.45, 2.75) is 31.4 Å². The fourth-order valence-electron chi connectivity index (χ4n) is 2.44. The fourth-order valence-corrected chi connectivity index (χ4v) is 2.44. The molecule has 2 unspecified atom stereocenters. The number of pyridine rings is 1. The lowest BCUT2D eigenvalue weighted by atomic mass is 10.2. The van der Waals surface area contributed by atoms with Crippen molar-refractivity contribution in [1.82, 2.24) is 4.98 Å². The van der Waals surface area contributed by atoms with E-state index in [0.717, 1.165) is 35.9 Å². The minimum atomic E-state index is 0.260. The van der Waals surface area contributed by atoms with Gasteiger partial charge in [-0.25, -0.2) is 0 Å². The van der Waals surface area contributed by atoms with Crippen LogP contribution in [0.4, 0.5) is 0 Å². The molecule has 1 aromatic heterocycles. The highest BCUT2D eigenvalue weighted by Gasteiger charge is 2.23. The second-order valence-corrected chi connectivity index (χ2v) is 4.64. The highest BCUT2D eigenvalue weighted by atomic mass is 16.5. The summed E-state index contributed by atoms with van der Waals surface area (Å²) in [6.07, 6.45) is 5.13. The van der Waals surface area contributed by atoms with E-state index < -0.39 is 0 Å². The minimum absolute atomic E-state index is 0.260. The van der Waals surface area contributed by atoms with Crippen molar-refractivity contribution in [2.75, 3.05) is 0 Å². The van der Waals surface area contributed by atoms with E-state index in [4.69, 9.17) is 10.5 Å². The van der Waals surface area contributed by atoms with Gasteiger partial charge >= 0.3 is 0 Å². The molecule has 0 aliphatic heterocycles. The molecule has 1 aliphatic carbocycles. The van der Waals surface area contributed by atoms with Crippen LogP contribution in [0.2, 0.25) is 0 Å². The fraction of sp³-hybridized carbons (Fsp3) is 0.357. The van der Waals surface area contributed by atoms with Crippen LogP contribution in [0.25, 0.3) is 10.9 Å². The third-order valence-corrected chi connectivity index (χ3v) is 3.32. The number of nitrogens with two attached hydrogens (primary N) is 1. The van der Waals surface area contributed by atoms with E-state index in [-0.39, 0.29) is 6.10 Å². The summed E-state index contributed by atoms with van der Waals surface area (Å²) < 4.78 is 6.04. The van der Waals surface area contributed by atoms with Crippen molar-refractivity contribution in [3.63, 3.8) is 0 Å². The third kappa shape index (κ3) is 2.11. The molecule has 2 atom stereocenters. The lowest BCUT2D eigenvalue weighted by Crippen LogP contribution is -2.19. The van der Waals surface area contributed by atoms with Crippen LogP contribution < -0.4 is 10.5 Å². The highest BCUT2D eigenvalue weighted by Crippen LogP contribution is 2.28. The maximum absolute atomic E-state index is 6.04. The molecule has 2 aromatic rings. The Labute approximate surface area is 101 Å². The molecule has 3 heteroatoms. The largest absolute Gasteiger partial charge is 0.490 e. The number of fused-ring (bicyclic) bond motifs is 1. The average Bonchev–Trinajstić information content (AvgIpc) is 2.75. The van der Waals surface area contributed by atoms with E-state index in [0.29, 0.717) is 6.04 Å². The molecule has 1 aliphatic rings. The van der Waals surface area contributed by atoms with Gasteiger partial charge < -0.3 is 10.5 Å². The van der Waals surface area contributed by atoms with E-state index in [1.54, 1.807) is 6.20 Å². The van der Waals surface area contributed by atoms with Crippen LogP contribution in [0.3, 0.4) is 0 Å². The van der Waals surface area contributed by atoms with Gasteiger partial charge in [-0.1, -0.05) is 6.07 Å². The first-order chi connectivity index (χ1) is 8.33. The molecule has 0 amide bonds. The third-order valence-electron chi connectivity index (χ3n) is 3.32. The van der Waals surface area contributed by atoms with Crippen molar-refractivity contribution < 1.29 is 4.74 Å². The van der Waals surface area contributed by atoms with E-state index in [9.17, 15) is 0 Å². The Morgan fingerprint density at radius 1 is 1.18 bits per heavy atom. The number of aromatic nitrogens is 1. The Morgan fingerprint density at radius 2 is 2.12 bits per heavy atom. The van der Waals surface area contributed by atoms with Gasteiger partial charge in [-0.2, -0.15) is 0 Å². The summed E-state index contributed by atoms with van der Waals surface area (Å²) in [5.74, 6) is 0.926. The van der Waals surface area contributed by atoms with Gasteiger partial charge in [-0.05, 0) is 43.5 Å². The molecule has 0 saturated heterocycles. The number of rotatable bonds is 2. The van der Waals surface area contributed by atoms with E-state index in [1.807, 2.05) is 30.3 Å². The predicted octanol–water partition coefficient (Wildman–Crippen LogP) is 2.49. The van der Waals surface area contributed by atoms with Crippen LogP contribution in [-0.2, 0) is 0 Å². The topological polar surface area (TPSA) is 48.1 Å². The Balaban J connectivity index is 1.90. The summed E-state index contributed by atoms with van der Waals surface area (Å²) in [5, 5.41) is 1.08. The summed E-state index contributed by atoms with van der Waals surface area (Å²) >= 11 is 0. The predicted molar refractivity (Wildman–Crippen MR) is 68.0 cm³/mol. The van der Waals surface area contributed by atoms with E-state index >= 15 is 0 Å². The van der Waals surface area contributed by atoms with Gasteiger partial charge in [0, 0.05) is 17.6 Å². The average molecular weight is 228 g/mol. The lowest BCUT2D eigenvalue weighted by Gasteiger charge is -2.14. The van der Waals surface area contributed by atoms with Crippen molar-refractivity contribution >= 4 is 10.9 Å². The molecule has 17 heavy (non-hydrogen) atoms. The first-order valence-corrected chi connectivity index (χ1v) is 6.09. The lowest BCUT2D eigenvalue weighted by molar-refractivity contribution is 0.211. The molecule has 1 saturated carbocycles. The molecule has 1 fully saturated rings. The van der Waals surface area contributed by atoms with Gasteiger partial charge in [0.1, 0.15) is 11.9 Å². The SMILES string of the molecule is NC1CCC(Oc2cccc3ncccc23)C1. The van der Waals surface area contributed by atoms with Gasteiger partial charge in [0.25, 0.3) is 0 Å². The summed E-state index contributed by atoms with van der Waals surface area (Å²) in [5.41, 5.74) is 6.88. The highest BCUT2D eigenvalue weighted by molar-refractivity contribution is 5.84. The van der Waals surface area contributed by atoms with E-state index in [1.165, 1.54) is 0 Å². The molecule has 3 rings (SSSR count). The molecular formula is C14H16N2O. The Hall–Kier alpha value is -1.61. The summed E-state index contributed by atoms with van der Waals surface area (Å²) in [6.45, 7) is 0. The molecule has 3 nitrogen and oxygen atoms in total. The maximum atomic E-state index is 6.04. The first-order valence-electron chi connectivity index (χ1n) is 6.09. The maximum Gasteiger partial charge on any atom is 0.129 e. The number of benzene rings is 1. The molecule has 88 valence electrons. The number of ether oxygens (including phenoxy) is 1. The zero-order chi connectivity index (χ0) is 11.7. The number of hydrogen-bond donors (Lipinski definition) is 1. The van der Waals surface area contributed by atoms with Crippen LogP contribution in [0, 0.1) is 0 Å². The molecule has 1 aromatic carbocycles. The van der Waals surface area contributed by atoms with Crippen LogP contribution in [0.1, 0.15) is 19.3 Å². The molecule has 0 spiro atoms. The van der Waals surface area contributed by atoms with Crippen molar-refractivity contribution in [2.24, 2.45) is 5.73 Å². The zero-order valence-corrected chi connectivity index (χ0v) is 9.67.